The molecule has 0 aromatic heterocycles. The average Bonchev–Trinajstić information content (AvgIpc) is 2.30. The maximum absolute atomic E-state index is 11.4. The highest BCUT2D eigenvalue weighted by Gasteiger charge is 2.06. The van der Waals surface area contributed by atoms with Gasteiger partial charge in [0.25, 0.3) is 0 Å². The fourth-order valence-electron chi connectivity index (χ4n) is 1.52. The number of thioether (sulfide) groups is 1. The van der Waals surface area contributed by atoms with Crippen LogP contribution in [0.2, 0.25) is 0 Å². The molecule has 0 aliphatic rings. The van der Waals surface area contributed by atoms with Gasteiger partial charge in [0, 0.05) is 11.1 Å². The Kier molecular flexibility index (Phi) is 3.47. The van der Waals surface area contributed by atoms with Gasteiger partial charge in [0.05, 0.1) is 0 Å². The second-order valence-corrected chi connectivity index (χ2v) is 4.46. The third-order valence-corrected chi connectivity index (χ3v) is 2.81. The van der Waals surface area contributed by atoms with Gasteiger partial charge in [-0.2, -0.15) is 0 Å². The highest BCUT2D eigenvalue weighted by molar-refractivity contribution is 8.13. The third-order valence-electron chi connectivity index (χ3n) is 2.21. The molecule has 0 radical (unpaired) electrons. The molecule has 16 heavy (non-hydrogen) atoms. The molecule has 2 aromatic carbocycles. The summed E-state index contributed by atoms with van der Waals surface area (Å²) in [7, 11) is 0. The fraction of sp³-hybridized carbons (Fsp3) is 0.154. The number of rotatable bonds is 2. The molecule has 0 aliphatic heterocycles. The Morgan fingerprint density at radius 3 is 2.75 bits per heavy atom. The van der Waals surface area contributed by atoms with Crippen molar-refractivity contribution in [2.24, 2.45) is 0 Å². The van der Waals surface area contributed by atoms with E-state index in [9.17, 15) is 4.79 Å². The van der Waals surface area contributed by atoms with Crippen molar-refractivity contribution in [1.82, 2.24) is 0 Å². The number of carbonyl (C=O) groups is 1. The summed E-state index contributed by atoms with van der Waals surface area (Å²) in [4.78, 5) is 11.4. The van der Waals surface area contributed by atoms with Crippen LogP contribution in [0.4, 0.5) is 4.79 Å². The predicted molar refractivity (Wildman–Crippen MR) is 68.1 cm³/mol. The van der Waals surface area contributed by atoms with Gasteiger partial charge in [-0.3, -0.25) is 0 Å². The molecule has 2 aromatic rings. The van der Waals surface area contributed by atoms with Crippen molar-refractivity contribution >= 4 is 27.8 Å². The first kappa shape index (κ1) is 11.0. The number of hydrogen-bond donors (Lipinski definition) is 0. The zero-order valence-electron chi connectivity index (χ0n) is 8.97. The Labute approximate surface area is 98.6 Å². The summed E-state index contributed by atoms with van der Waals surface area (Å²) in [5, 5.41) is 1.79. The lowest BCUT2D eigenvalue weighted by molar-refractivity contribution is 0.227. The summed E-state index contributed by atoms with van der Waals surface area (Å²) in [6, 6.07) is 13.6. The molecule has 0 saturated carbocycles. The van der Waals surface area contributed by atoms with E-state index >= 15 is 0 Å². The number of carbonyl (C=O) groups excluding carboxylic acids is 1. The van der Waals surface area contributed by atoms with E-state index in [1.54, 1.807) is 0 Å². The molecule has 2 rings (SSSR count). The molecule has 0 spiro atoms. The average molecular weight is 232 g/mol. The largest absolute Gasteiger partial charge is 0.418 e. The molecule has 0 saturated heterocycles. The Bertz CT molecular complexity index is 503. The van der Waals surface area contributed by atoms with Crippen LogP contribution in [0.1, 0.15) is 6.92 Å². The standard InChI is InChI=1S/C13H12O2S/c1-2-16-13(14)15-12-9-5-7-10-6-3-4-8-11(10)12/h3-9H,2H2,1H3. The van der Waals surface area contributed by atoms with E-state index in [2.05, 4.69) is 0 Å². The zero-order valence-corrected chi connectivity index (χ0v) is 9.79. The Balaban J connectivity index is 2.33. The van der Waals surface area contributed by atoms with Crippen LogP contribution in [-0.4, -0.2) is 11.1 Å². The van der Waals surface area contributed by atoms with Gasteiger partial charge >= 0.3 is 5.30 Å². The summed E-state index contributed by atoms with van der Waals surface area (Å²) >= 11 is 1.17. The normalized spacial score (nSPS) is 10.3. The molecular formula is C13H12O2S. The van der Waals surface area contributed by atoms with Crippen LogP contribution in [-0.2, 0) is 0 Å². The van der Waals surface area contributed by atoms with Crippen LogP contribution >= 0.6 is 11.8 Å². The van der Waals surface area contributed by atoms with Gasteiger partial charge in [-0.15, -0.1) is 0 Å². The summed E-state index contributed by atoms with van der Waals surface area (Å²) in [5.74, 6) is 1.35. The zero-order chi connectivity index (χ0) is 11.4. The SMILES string of the molecule is CCSC(=O)Oc1cccc2ccccc12. The van der Waals surface area contributed by atoms with Crippen molar-refractivity contribution < 1.29 is 9.53 Å². The minimum absolute atomic E-state index is 0.251. The van der Waals surface area contributed by atoms with Crippen molar-refractivity contribution in [3.63, 3.8) is 0 Å². The lowest BCUT2D eigenvalue weighted by Gasteiger charge is -2.06. The molecule has 82 valence electrons. The first-order chi connectivity index (χ1) is 7.81. The molecule has 0 N–H and O–H groups in total. The van der Waals surface area contributed by atoms with Crippen LogP contribution in [0.3, 0.4) is 0 Å². The fourth-order valence-corrected chi connectivity index (χ4v) is 1.91. The molecule has 0 amide bonds. The minimum atomic E-state index is -0.251. The molecule has 0 bridgehead atoms. The first-order valence-electron chi connectivity index (χ1n) is 5.13. The number of hydrogen-bond acceptors (Lipinski definition) is 3. The van der Waals surface area contributed by atoms with Crippen LogP contribution in [0.5, 0.6) is 5.75 Å². The van der Waals surface area contributed by atoms with Crippen LogP contribution < -0.4 is 4.74 Å². The molecule has 2 nitrogen and oxygen atoms in total. The van der Waals surface area contributed by atoms with Gasteiger partial charge < -0.3 is 4.74 Å². The van der Waals surface area contributed by atoms with Crippen molar-refractivity contribution in [3.8, 4) is 5.75 Å². The smallest absolute Gasteiger partial charge is 0.372 e. The number of benzene rings is 2. The summed E-state index contributed by atoms with van der Waals surface area (Å²) in [5.41, 5.74) is 0. The van der Waals surface area contributed by atoms with E-state index in [-0.39, 0.29) is 5.30 Å². The second kappa shape index (κ2) is 5.03. The van der Waals surface area contributed by atoms with Crippen molar-refractivity contribution in [3.05, 3.63) is 42.5 Å². The highest BCUT2D eigenvalue weighted by Crippen LogP contribution is 2.26. The Morgan fingerprint density at radius 1 is 1.19 bits per heavy atom. The highest BCUT2D eigenvalue weighted by atomic mass is 32.2. The van der Waals surface area contributed by atoms with E-state index in [0.717, 1.165) is 16.5 Å². The van der Waals surface area contributed by atoms with Gasteiger partial charge in [0.2, 0.25) is 0 Å². The predicted octanol–water partition coefficient (Wildman–Crippen LogP) is 4.09. The van der Waals surface area contributed by atoms with Crippen LogP contribution in [0.25, 0.3) is 10.8 Å². The Morgan fingerprint density at radius 2 is 1.94 bits per heavy atom. The number of fused-ring (bicyclic) bond motifs is 1. The Hall–Kier alpha value is -1.48. The topological polar surface area (TPSA) is 26.3 Å². The van der Waals surface area contributed by atoms with E-state index in [0.29, 0.717) is 5.75 Å². The number of ether oxygens (including phenoxy) is 1. The van der Waals surface area contributed by atoms with Gasteiger partial charge in [0.15, 0.2) is 0 Å². The van der Waals surface area contributed by atoms with E-state index in [4.69, 9.17) is 4.74 Å². The molecular weight excluding hydrogens is 220 g/mol. The van der Waals surface area contributed by atoms with Crippen molar-refractivity contribution in [2.45, 2.75) is 6.92 Å². The maximum atomic E-state index is 11.4. The first-order valence-corrected chi connectivity index (χ1v) is 6.12. The summed E-state index contributed by atoms with van der Waals surface area (Å²) < 4.78 is 5.29. The second-order valence-electron chi connectivity index (χ2n) is 3.26. The summed E-state index contributed by atoms with van der Waals surface area (Å²) in [6.07, 6.45) is 0. The molecule has 0 atom stereocenters. The monoisotopic (exact) mass is 232 g/mol. The minimum Gasteiger partial charge on any atom is -0.418 e. The molecule has 0 aliphatic carbocycles. The molecule has 3 heteroatoms. The van der Waals surface area contributed by atoms with E-state index in [1.165, 1.54) is 11.8 Å². The van der Waals surface area contributed by atoms with Crippen molar-refractivity contribution in [1.29, 1.82) is 0 Å². The van der Waals surface area contributed by atoms with Gasteiger partial charge in [-0.05, 0) is 23.2 Å². The van der Waals surface area contributed by atoms with Crippen molar-refractivity contribution in [2.75, 3.05) is 5.75 Å². The molecule has 0 heterocycles. The van der Waals surface area contributed by atoms with Gasteiger partial charge in [-0.25, -0.2) is 4.79 Å². The summed E-state index contributed by atoms with van der Waals surface area (Å²) in [6.45, 7) is 1.93. The third kappa shape index (κ3) is 2.36. The molecule has 0 unspecified atom stereocenters. The quantitative estimate of drug-likeness (QED) is 0.729. The maximum Gasteiger partial charge on any atom is 0.372 e. The van der Waals surface area contributed by atoms with E-state index < -0.39 is 0 Å². The van der Waals surface area contributed by atoms with Gasteiger partial charge in [-0.1, -0.05) is 43.3 Å². The van der Waals surface area contributed by atoms with Gasteiger partial charge in [0.1, 0.15) is 5.75 Å². The van der Waals surface area contributed by atoms with Crippen LogP contribution in [0, 0.1) is 0 Å². The van der Waals surface area contributed by atoms with Crippen LogP contribution in [0.15, 0.2) is 42.5 Å². The molecule has 0 fully saturated rings. The lowest BCUT2D eigenvalue weighted by atomic mass is 10.1. The van der Waals surface area contributed by atoms with E-state index in [1.807, 2.05) is 49.4 Å². The lowest BCUT2D eigenvalue weighted by Crippen LogP contribution is -2.01.